The molecule has 0 aliphatic carbocycles. The Morgan fingerprint density at radius 1 is 1.15 bits per heavy atom. The summed E-state index contributed by atoms with van der Waals surface area (Å²) in [6, 6.07) is 4.76. The van der Waals surface area contributed by atoms with Crippen LogP contribution in [0.15, 0.2) is 18.2 Å². The molecular weight excluding hydrogens is 256 g/mol. The number of nitrogens with two attached hydrogens (primary N) is 2. The van der Waals surface area contributed by atoms with Crippen LogP contribution in [0.5, 0.6) is 0 Å². The molecule has 20 heavy (non-hydrogen) atoms. The zero-order valence-corrected chi connectivity index (χ0v) is 12.0. The van der Waals surface area contributed by atoms with E-state index in [4.69, 9.17) is 11.5 Å². The molecular formula is C14H20N4O2. The van der Waals surface area contributed by atoms with Crippen LogP contribution in [0.25, 0.3) is 0 Å². The molecule has 4 N–H and O–H groups in total. The number of nitrogens with zero attached hydrogens (tertiary/aromatic N) is 2. The Bertz CT molecular complexity index is 548. The molecule has 2 rings (SSSR count). The van der Waals surface area contributed by atoms with Gasteiger partial charge in [-0.2, -0.15) is 0 Å². The Morgan fingerprint density at radius 2 is 1.70 bits per heavy atom. The highest BCUT2D eigenvalue weighted by atomic mass is 16.2. The van der Waals surface area contributed by atoms with Crippen molar-refractivity contribution in [2.24, 2.45) is 0 Å². The number of amides is 2. The Hall–Kier alpha value is -2.24. The van der Waals surface area contributed by atoms with Crippen molar-refractivity contribution in [1.29, 1.82) is 0 Å². The first-order chi connectivity index (χ1) is 9.23. The van der Waals surface area contributed by atoms with Crippen LogP contribution in [0, 0.1) is 0 Å². The van der Waals surface area contributed by atoms with E-state index >= 15 is 0 Å². The second-order valence-corrected chi connectivity index (χ2v) is 5.63. The van der Waals surface area contributed by atoms with E-state index in [0.717, 1.165) is 0 Å². The van der Waals surface area contributed by atoms with Crippen molar-refractivity contribution in [3.05, 3.63) is 23.8 Å². The highest BCUT2D eigenvalue weighted by molar-refractivity contribution is 6.00. The van der Waals surface area contributed by atoms with Gasteiger partial charge in [0.1, 0.15) is 5.54 Å². The number of likely N-dealkylation sites (N-methyl/N-ethyl adjacent to an activating group) is 1. The summed E-state index contributed by atoms with van der Waals surface area (Å²) < 4.78 is 0. The van der Waals surface area contributed by atoms with Gasteiger partial charge in [-0.25, -0.2) is 0 Å². The minimum Gasteiger partial charge on any atom is -0.399 e. The van der Waals surface area contributed by atoms with Gasteiger partial charge in [0.25, 0.3) is 5.91 Å². The molecule has 0 saturated carbocycles. The minimum atomic E-state index is -0.872. The van der Waals surface area contributed by atoms with Crippen LogP contribution < -0.4 is 11.5 Å². The maximum Gasteiger partial charge on any atom is 0.254 e. The number of carbonyl (C=O) groups is 2. The molecule has 1 saturated heterocycles. The fourth-order valence-corrected chi connectivity index (χ4v) is 2.52. The third-order valence-corrected chi connectivity index (χ3v) is 3.67. The van der Waals surface area contributed by atoms with Gasteiger partial charge < -0.3 is 21.3 Å². The summed E-state index contributed by atoms with van der Waals surface area (Å²) in [6.07, 6.45) is 0. The van der Waals surface area contributed by atoms with Gasteiger partial charge in [-0.05, 0) is 32.0 Å². The average molecular weight is 276 g/mol. The van der Waals surface area contributed by atoms with Gasteiger partial charge in [0.15, 0.2) is 0 Å². The molecule has 0 spiro atoms. The lowest BCUT2D eigenvalue weighted by Crippen LogP contribution is -2.63. The van der Waals surface area contributed by atoms with Crippen LogP contribution in [-0.4, -0.2) is 47.3 Å². The van der Waals surface area contributed by atoms with E-state index in [0.29, 0.717) is 30.0 Å². The van der Waals surface area contributed by atoms with Crippen LogP contribution in [0.2, 0.25) is 0 Å². The summed E-state index contributed by atoms with van der Waals surface area (Å²) in [4.78, 5) is 28.0. The number of hydrogen-bond donors (Lipinski definition) is 2. The number of benzene rings is 1. The second-order valence-electron chi connectivity index (χ2n) is 5.63. The molecule has 0 aromatic heterocycles. The van der Waals surface area contributed by atoms with Gasteiger partial charge in [-0.3, -0.25) is 9.59 Å². The van der Waals surface area contributed by atoms with Crippen LogP contribution >= 0.6 is 0 Å². The molecule has 108 valence electrons. The van der Waals surface area contributed by atoms with Crippen LogP contribution in [0.1, 0.15) is 24.2 Å². The zero-order valence-electron chi connectivity index (χ0n) is 12.0. The summed E-state index contributed by atoms with van der Waals surface area (Å²) in [5, 5.41) is 0. The van der Waals surface area contributed by atoms with Gasteiger partial charge in [0.05, 0.1) is 0 Å². The van der Waals surface area contributed by atoms with Crippen molar-refractivity contribution < 1.29 is 9.59 Å². The molecule has 0 atom stereocenters. The highest BCUT2D eigenvalue weighted by Crippen LogP contribution is 2.25. The van der Waals surface area contributed by atoms with E-state index in [9.17, 15) is 9.59 Å². The smallest absolute Gasteiger partial charge is 0.254 e. The van der Waals surface area contributed by atoms with E-state index in [1.54, 1.807) is 48.9 Å². The molecule has 0 unspecified atom stereocenters. The predicted octanol–water partition coefficient (Wildman–Crippen LogP) is 0.544. The van der Waals surface area contributed by atoms with E-state index in [1.807, 2.05) is 0 Å². The molecule has 0 radical (unpaired) electrons. The van der Waals surface area contributed by atoms with E-state index < -0.39 is 5.54 Å². The van der Waals surface area contributed by atoms with E-state index in [-0.39, 0.29) is 11.8 Å². The molecule has 1 aliphatic rings. The van der Waals surface area contributed by atoms with Crippen LogP contribution in [0.3, 0.4) is 0 Å². The standard InChI is InChI=1S/C14H20N4O2/c1-14(2)13(20)17(3)4-5-18(14)12(19)9-6-10(15)8-11(16)7-9/h6-8H,4-5,15-16H2,1-3H3. The largest absolute Gasteiger partial charge is 0.399 e. The number of rotatable bonds is 1. The maximum absolute atomic E-state index is 12.6. The fourth-order valence-electron chi connectivity index (χ4n) is 2.52. The number of nitrogen functional groups attached to an aromatic ring is 2. The number of hydrogen-bond acceptors (Lipinski definition) is 4. The third-order valence-electron chi connectivity index (χ3n) is 3.67. The Labute approximate surface area is 118 Å². The molecule has 6 heteroatoms. The average Bonchev–Trinajstić information content (AvgIpc) is 2.34. The summed E-state index contributed by atoms with van der Waals surface area (Å²) in [5.41, 5.74) is 11.8. The lowest BCUT2D eigenvalue weighted by Gasteiger charge is -2.44. The topological polar surface area (TPSA) is 92.7 Å². The Morgan fingerprint density at radius 3 is 2.25 bits per heavy atom. The van der Waals surface area contributed by atoms with Gasteiger partial charge in [-0.15, -0.1) is 0 Å². The van der Waals surface area contributed by atoms with Gasteiger partial charge in [0.2, 0.25) is 5.91 Å². The monoisotopic (exact) mass is 276 g/mol. The summed E-state index contributed by atoms with van der Waals surface area (Å²) in [6.45, 7) is 4.51. The number of carbonyl (C=O) groups excluding carboxylic acids is 2. The van der Waals surface area contributed by atoms with Gasteiger partial charge in [0, 0.05) is 37.1 Å². The van der Waals surface area contributed by atoms with Gasteiger partial charge in [-0.1, -0.05) is 0 Å². The maximum atomic E-state index is 12.6. The SMILES string of the molecule is CN1CCN(C(=O)c2cc(N)cc(N)c2)C(C)(C)C1=O. The molecule has 6 nitrogen and oxygen atoms in total. The van der Waals surface area contributed by atoms with Crippen molar-refractivity contribution in [2.75, 3.05) is 31.6 Å². The normalized spacial score (nSPS) is 18.2. The lowest BCUT2D eigenvalue weighted by molar-refractivity contribution is -0.144. The molecule has 1 aromatic carbocycles. The molecule has 0 bridgehead atoms. The molecule has 1 aromatic rings. The van der Waals surface area contributed by atoms with Crippen LogP contribution in [0.4, 0.5) is 11.4 Å². The number of anilines is 2. The van der Waals surface area contributed by atoms with Crippen molar-refractivity contribution >= 4 is 23.2 Å². The Balaban J connectivity index is 2.35. The van der Waals surface area contributed by atoms with Crippen molar-refractivity contribution in [1.82, 2.24) is 9.80 Å². The number of piperazine rings is 1. The first-order valence-corrected chi connectivity index (χ1v) is 6.47. The quantitative estimate of drug-likeness (QED) is 0.732. The van der Waals surface area contributed by atoms with E-state index in [2.05, 4.69) is 0 Å². The highest BCUT2D eigenvalue weighted by Gasteiger charge is 2.43. The molecule has 1 heterocycles. The summed E-state index contributed by atoms with van der Waals surface area (Å²) >= 11 is 0. The first-order valence-electron chi connectivity index (χ1n) is 6.47. The molecule has 1 aliphatic heterocycles. The third kappa shape index (κ3) is 2.29. The fraction of sp³-hybridized carbons (Fsp3) is 0.429. The minimum absolute atomic E-state index is 0.0750. The molecule has 2 amide bonds. The second kappa shape index (κ2) is 4.70. The van der Waals surface area contributed by atoms with Crippen molar-refractivity contribution in [2.45, 2.75) is 19.4 Å². The Kier molecular flexibility index (Phi) is 3.33. The van der Waals surface area contributed by atoms with Crippen molar-refractivity contribution in [3.8, 4) is 0 Å². The lowest BCUT2D eigenvalue weighted by atomic mass is 9.96. The summed E-state index contributed by atoms with van der Waals surface area (Å²) in [7, 11) is 1.74. The van der Waals surface area contributed by atoms with Crippen LogP contribution in [-0.2, 0) is 4.79 Å². The van der Waals surface area contributed by atoms with Crippen molar-refractivity contribution in [3.63, 3.8) is 0 Å². The predicted molar refractivity (Wildman–Crippen MR) is 78.0 cm³/mol. The first kappa shape index (κ1) is 14.2. The van der Waals surface area contributed by atoms with E-state index in [1.165, 1.54) is 0 Å². The summed E-state index contributed by atoms with van der Waals surface area (Å²) in [5.74, 6) is -0.301. The zero-order chi connectivity index (χ0) is 15.1. The molecule has 1 fully saturated rings. The van der Waals surface area contributed by atoms with Gasteiger partial charge >= 0.3 is 0 Å².